The third-order valence-corrected chi connectivity index (χ3v) is 2.76. The molecule has 0 saturated heterocycles. The smallest absolute Gasteiger partial charge is 0.142 e. The van der Waals surface area contributed by atoms with Gasteiger partial charge in [0.25, 0.3) is 0 Å². The normalized spacial score (nSPS) is 10.4. The van der Waals surface area contributed by atoms with E-state index in [-0.39, 0.29) is 0 Å². The lowest BCUT2D eigenvalue weighted by atomic mass is 10.1. The number of rotatable bonds is 2. The van der Waals surface area contributed by atoms with Gasteiger partial charge in [0, 0.05) is 11.3 Å². The molecular weight excluding hydrogens is 202 g/mol. The van der Waals surface area contributed by atoms with Crippen LogP contribution in [0.4, 0.5) is 5.69 Å². The number of anilines is 1. The number of nitrogens with two attached hydrogens (primary N) is 1. The van der Waals surface area contributed by atoms with Crippen LogP contribution < -0.4 is 10.5 Å². The van der Waals surface area contributed by atoms with Gasteiger partial charge in [-0.2, -0.15) is 5.10 Å². The molecule has 0 aliphatic heterocycles. The number of nitrogen functional groups attached to an aromatic ring is 1. The van der Waals surface area contributed by atoms with Crippen LogP contribution in [0.3, 0.4) is 0 Å². The van der Waals surface area contributed by atoms with E-state index in [2.05, 4.69) is 10.2 Å². The van der Waals surface area contributed by atoms with Gasteiger partial charge in [-0.25, -0.2) is 0 Å². The van der Waals surface area contributed by atoms with E-state index in [4.69, 9.17) is 10.5 Å². The van der Waals surface area contributed by atoms with Gasteiger partial charge in [0.15, 0.2) is 0 Å². The summed E-state index contributed by atoms with van der Waals surface area (Å²) in [7, 11) is 1.61. The summed E-state index contributed by atoms with van der Waals surface area (Å²) in [5, 5.41) is 7.23. The number of hydrogen-bond donors (Lipinski definition) is 2. The number of aromatic amines is 1. The van der Waals surface area contributed by atoms with Crippen LogP contribution in [0.2, 0.25) is 0 Å². The predicted octanol–water partition coefficient (Wildman–Crippen LogP) is 2.28. The largest absolute Gasteiger partial charge is 0.495 e. The van der Waals surface area contributed by atoms with Crippen molar-refractivity contribution in [3.63, 3.8) is 0 Å². The number of methoxy groups -OCH3 is 1. The van der Waals surface area contributed by atoms with Crippen molar-refractivity contribution in [2.75, 3.05) is 12.8 Å². The molecule has 0 bridgehead atoms. The van der Waals surface area contributed by atoms with Crippen molar-refractivity contribution in [2.24, 2.45) is 0 Å². The third-order valence-electron chi connectivity index (χ3n) is 2.76. The van der Waals surface area contributed by atoms with Crippen LogP contribution >= 0.6 is 0 Å². The van der Waals surface area contributed by atoms with Gasteiger partial charge in [-0.15, -0.1) is 0 Å². The van der Waals surface area contributed by atoms with Crippen LogP contribution in [0.5, 0.6) is 5.75 Å². The van der Waals surface area contributed by atoms with E-state index in [9.17, 15) is 0 Å². The molecule has 0 saturated carbocycles. The lowest BCUT2D eigenvalue weighted by Crippen LogP contribution is -1.93. The Morgan fingerprint density at radius 2 is 2.06 bits per heavy atom. The topological polar surface area (TPSA) is 63.9 Å². The average molecular weight is 217 g/mol. The second-order valence-electron chi connectivity index (χ2n) is 3.78. The quantitative estimate of drug-likeness (QED) is 0.758. The minimum Gasteiger partial charge on any atom is -0.495 e. The summed E-state index contributed by atoms with van der Waals surface area (Å²) in [6.07, 6.45) is 0. The van der Waals surface area contributed by atoms with Crippen LogP contribution in [0.1, 0.15) is 11.3 Å². The summed E-state index contributed by atoms with van der Waals surface area (Å²) < 4.78 is 5.19. The maximum Gasteiger partial charge on any atom is 0.142 e. The molecule has 1 aromatic carbocycles. The van der Waals surface area contributed by atoms with Crippen molar-refractivity contribution >= 4 is 5.69 Å². The van der Waals surface area contributed by atoms with Crippen LogP contribution in [0.15, 0.2) is 18.2 Å². The molecule has 0 spiro atoms. The van der Waals surface area contributed by atoms with Gasteiger partial charge in [-0.1, -0.05) is 6.07 Å². The zero-order chi connectivity index (χ0) is 11.7. The zero-order valence-corrected chi connectivity index (χ0v) is 9.66. The molecule has 0 fully saturated rings. The molecule has 84 valence electrons. The Balaban J connectivity index is 2.52. The van der Waals surface area contributed by atoms with Crippen molar-refractivity contribution < 1.29 is 4.74 Å². The highest BCUT2D eigenvalue weighted by Gasteiger charge is 2.10. The standard InChI is InChI=1S/C12H15N3O/c1-7-8(2)14-15-12(7)9-4-5-10(13)11(6-9)16-3/h4-6H,13H2,1-3H3,(H,14,15). The molecule has 2 aromatic rings. The molecule has 3 N–H and O–H groups in total. The number of aromatic nitrogens is 2. The molecule has 0 unspecified atom stereocenters. The summed E-state index contributed by atoms with van der Waals surface area (Å²) in [6.45, 7) is 4.04. The molecule has 16 heavy (non-hydrogen) atoms. The number of nitrogens with zero attached hydrogens (tertiary/aromatic N) is 1. The lowest BCUT2D eigenvalue weighted by molar-refractivity contribution is 0.417. The van der Waals surface area contributed by atoms with Crippen LogP contribution in [0.25, 0.3) is 11.3 Å². The molecular formula is C12H15N3O. The first-order valence-corrected chi connectivity index (χ1v) is 5.09. The van der Waals surface area contributed by atoms with Gasteiger partial charge < -0.3 is 10.5 Å². The number of nitrogens with one attached hydrogen (secondary N) is 1. The highest BCUT2D eigenvalue weighted by atomic mass is 16.5. The van der Waals surface area contributed by atoms with E-state index in [1.165, 1.54) is 0 Å². The minimum atomic E-state index is 0.635. The summed E-state index contributed by atoms with van der Waals surface area (Å²) in [5.41, 5.74) is 10.6. The second-order valence-corrected chi connectivity index (χ2v) is 3.78. The average Bonchev–Trinajstić information content (AvgIpc) is 2.61. The monoisotopic (exact) mass is 217 g/mol. The second kappa shape index (κ2) is 3.89. The molecule has 1 aromatic heterocycles. The van der Waals surface area contributed by atoms with E-state index in [1.807, 2.05) is 32.0 Å². The fraction of sp³-hybridized carbons (Fsp3) is 0.250. The number of ether oxygens (including phenoxy) is 1. The number of benzene rings is 1. The third kappa shape index (κ3) is 1.62. The number of aryl methyl sites for hydroxylation is 1. The van der Waals surface area contributed by atoms with E-state index in [0.717, 1.165) is 22.5 Å². The van der Waals surface area contributed by atoms with Crippen molar-refractivity contribution in [3.05, 3.63) is 29.5 Å². The van der Waals surface area contributed by atoms with Gasteiger partial charge in [0.05, 0.1) is 18.5 Å². The molecule has 0 aliphatic rings. The molecule has 2 rings (SSSR count). The Hall–Kier alpha value is -1.97. The molecule has 1 heterocycles. The summed E-state index contributed by atoms with van der Waals surface area (Å²) in [4.78, 5) is 0. The van der Waals surface area contributed by atoms with Gasteiger partial charge in [0.1, 0.15) is 5.75 Å². The fourth-order valence-electron chi connectivity index (χ4n) is 1.62. The van der Waals surface area contributed by atoms with Crippen molar-refractivity contribution in [1.82, 2.24) is 10.2 Å². The summed E-state index contributed by atoms with van der Waals surface area (Å²) in [5.74, 6) is 0.678. The molecule has 4 heteroatoms. The van der Waals surface area contributed by atoms with E-state index in [0.29, 0.717) is 11.4 Å². The molecule has 0 atom stereocenters. The maximum absolute atomic E-state index is 5.77. The predicted molar refractivity (Wildman–Crippen MR) is 64.5 cm³/mol. The highest BCUT2D eigenvalue weighted by molar-refractivity contribution is 5.69. The Morgan fingerprint density at radius 1 is 1.31 bits per heavy atom. The fourth-order valence-corrected chi connectivity index (χ4v) is 1.62. The first kappa shape index (κ1) is 10.5. The van der Waals surface area contributed by atoms with Gasteiger partial charge in [-0.05, 0) is 31.5 Å². The zero-order valence-electron chi connectivity index (χ0n) is 9.66. The molecule has 0 aliphatic carbocycles. The van der Waals surface area contributed by atoms with E-state index < -0.39 is 0 Å². The molecule has 0 amide bonds. The van der Waals surface area contributed by atoms with Crippen molar-refractivity contribution in [3.8, 4) is 17.0 Å². The Labute approximate surface area is 94.4 Å². The van der Waals surface area contributed by atoms with Crippen LogP contribution in [-0.2, 0) is 0 Å². The Morgan fingerprint density at radius 3 is 2.62 bits per heavy atom. The van der Waals surface area contributed by atoms with E-state index >= 15 is 0 Å². The first-order chi connectivity index (χ1) is 7.63. The van der Waals surface area contributed by atoms with Crippen molar-refractivity contribution in [2.45, 2.75) is 13.8 Å². The molecule has 4 nitrogen and oxygen atoms in total. The highest BCUT2D eigenvalue weighted by Crippen LogP contribution is 2.29. The van der Waals surface area contributed by atoms with Crippen LogP contribution in [0, 0.1) is 13.8 Å². The van der Waals surface area contributed by atoms with Gasteiger partial charge >= 0.3 is 0 Å². The number of hydrogen-bond acceptors (Lipinski definition) is 3. The van der Waals surface area contributed by atoms with Crippen LogP contribution in [-0.4, -0.2) is 17.3 Å². The lowest BCUT2D eigenvalue weighted by Gasteiger charge is -2.06. The van der Waals surface area contributed by atoms with E-state index in [1.54, 1.807) is 7.11 Å². The van der Waals surface area contributed by atoms with Gasteiger partial charge in [-0.3, -0.25) is 5.10 Å². The first-order valence-electron chi connectivity index (χ1n) is 5.09. The Bertz CT molecular complexity index is 517. The summed E-state index contributed by atoms with van der Waals surface area (Å²) >= 11 is 0. The minimum absolute atomic E-state index is 0.635. The maximum atomic E-state index is 5.77. The molecule has 0 radical (unpaired) electrons. The Kier molecular flexibility index (Phi) is 2.56. The number of H-pyrrole nitrogens is 1. The SMILES string of the molecule is COc1cc(-c2n[nH]c(C)c2C)ccc1N. The van der Waals surface area contributed by atoms with Crippen molar-refractivity contribution in [1.29, 1.82) is 0 Å². The van der Waals surface area contributed by atoms with Gasteiger partial charge in [0.2, 0.25) is 0 Å². The summed E-state index contributed by atoms with van der Waals surface area (Å²) in [6, 6.07) is 5.68.